The van der Waals surface area contributed by atoms with Crippen LogP contribution in [0, 0.1) is 12.8 Å². The molecule has 19 heavy (non-hydrogen) atoms. The van der Waals surface area contributed by atoms with Gasteiger partial charge < -0.3 is 4.74 Å². The Morgan fingerprint density at radius 2 is 1.89 bits per heavy atom. The number of nitrogens with two attached hydrogens (primary N) is 1. The number of rotatable bonds is 2. The third kappa shape index (κ3) is 2.06. The highest BCUT2D eigenvalue weighted by atomic mass is 16.5. The number of benzene rings is 1. The molecule has 2 atom stereocenters. The number of Topliss-reactive ketones (excluding diaryl/α,β-unsaturated/α-hetero) is 3. The van der Waals surface area contributed by atoms with Crippen molar-refractivity contribution in [2.75, 3.05) is 0 Å². The molecule has 2 rings (SSSR count). The van der Waals surface area contributed by atoms with Crippen molar-refractivity contribution in [2.45, 2.75) is 27.0 Å². The smallest absolute Gasteiger partial charge is 0.182 e. The van der Waals surface area contributed by atoms with Crippen LogP contribution >= 0.6 is 0 Å². The Balaban J connectivity index is 2.69. The minimum atomic E-state index is -1.05. The van der Waals surface area contributed by atoms with E-state index < -0.39 is 17.9 Å². The maximum absolute atomic E-state index is 12.4. The van der Waals surface area contributed by atoms with Gasteiger partial charge in [0.25, 0.3) is 0 Å². The Bertz CT molecular complexity index is 591. The first-order valence-electron chi connectivity index (χ1n) is 5.96. The normalized spacial score (nSPS) is 21.6. The number of hydrogen-bond acceptors (Lipinski definition) is 5. The number of fused-ring (bicyclic) bond motifs is 1. The summed E-state index contributed by atoms with van der Waals surface area (Å²) in [5.74, 6) is -1.78. The van der Waals surface area contributed by atoms with Crippen molar-refractivity contribution in [3.05, 3.63) is 28.8 Å². The molecule has 0 fully saturated rings. The van der Waals surface area contributed by atoms with Crippen LogP contribution < -0.4 is 10.5 Å². The zero-order valence-electron chi connectivity index (χ0n) is 11.0. The Morgan fingerprint density at radius 3 is 2.42 bits per heavy atom. The van der Waals surface area contributed by atoms with Crippen molar-refractivity contribution >= 4 is 17.3 Å². The summed E-state index contributed by atoms with van der Waals surface area (Å²) >= 11 is 0. The van der Waals surface area contributed by atoms with Gasteiger partial charge in [-0.05, 0) is 26.3 Å². The molecule has 1 aliphatic heterocycles. The number of ether oxygens (including phenoxy) is 1. The average Bonchev–Trinajstić information content (AvgIpc) is 2.29. The lowest BCUT2D eigenvalue weighted by molar-refractivity contribution is -0.121. The van der Waals surface area contributed by atoms with Crippen molar-refractivity contribution in [2.24, 2.45) is 11.7 Å². The fraction of sp³-hybridized carbons (Fsp3) is 0.357. The Kier molecular flexibility index (Phi) is 3.24. The van der Waals surface area contributed by atoms with Crippen molar-refractivity contribution in [3.63, 3.8) is 0 Å². The highest BCUT2D eigenvalue weighted by Gasteiger charge is 2.40. The van der Waals surface area contributed by atoms with E-state index >= 15 is 0 Å². The van der Waals surface area contributed by atoms with Crippen LogP contribution in [-0.4, -0.2) is 23.6 Å². The molecule has 2 unspecified atom stereocenters. The van der Waals surface area contributed by atoms with E-state index in [0.29, 0.717) is 11.3 Å². The third-order valence-corrected chi connectivity index (χ3v) is 3.28. The number of carbonyl (C=O) groups is 3. The Labute approximate surface area is 110 Å². The van der Waals surface area contributed by atoms with Gasteiger partial charge in [-0.2, -0.15) is 0 Å². The average molecular weight is 261 g/mol. The second-order valence-electron chi connectivity index (χ2n) is 4.73. The number of ketones is 3. The van der Waals surface area contributed by atoms with E-state index in [1.165, 1.54) is 13.8 Å². The number of aryl methyl sites for hydroxylation is 1. The molecule has 0 spiro atoms. The first-order chi connectivity index (χ1) is 8.84. The zero-order chi connectivity index (χ0) is 14.3. The summed E-state index contributed by atoms with van der Waals surface area (Å²) in [5.41, 5.74) is 6.89. The van der Waals surface area contributed by atoms with Crippen LogP contribution in [-0.2, 0) is 4.79 Å². The summed E-state index contributed by atoms with van der Waals surface area (Å²) in [6, 6.07) is 3.27. The second-order valence-corrected chi connectivity index (χ2v) is 4.73. The quantitative estimate of drug-likeness (QED) is 0.639. The molecule has 2 N–H and O–H groups in total. The van der Waals surface area contributed by atoms with Crippen molar-refractivity contribution in [1.29, 1.82) is 0 Å². The fourth-order valence-corrected chi connectivity index (χ4v) is 2.30. The SMILES string of the molecule is CC(=O)c1ccc(C)c2c1C(=O)C(C(C)=O)C(N)O2. The minimum Gasteiger partial charge on any atom is -0.473 e. The highest BCUT2D eigenvalue weighted by Crippen LogP contribution is 2.35. The van der Waals surface area contributed by atoms with Crippen LogP contribution in [0.2, 0.25) is 0 Å². The predicted molar refractivity (Wildman–Crippen MR) is 68.3 cm³/mol. The number of hydrogen-bond donors (Lipinski definition) is 1. The molecule has 1 aromatic rings. The standard InChI is InChI=1S/C14H15NO4/c1-6-4-5-9(7(2)16)11-12(18)10(8(3)17)14(15)19-13(6)11/h4-5,10,14H,15H2,1-3H3. The molecule has 100 valence electrons. The van der Waals surface area contributed by atoms with E-state index in [9.17, 15) is 14.4 Å². The van der Waals surface area contributed by atoms with Crippen LogP contribution in [0.3, 0.4) is 0 Å². The lowest BCUT2D eigenvalue weighted by Crippen LogP contribution is -2.47. The van der Waals surface area contributed by atoms with Gasteiger partial charge >= 0.3 is 0 Å². The molecule has 1 heterocycles. The van der Waals surface area contributed by atoms with Crippen LogP contribution in [0.1, 0.15) is 40.1 Å². The zero-order valence-corrected chi connectivity index (χ0v) is 11.0. The summed E-state index contributed by atoms with van der Waals surface area (Å²) < 4.78 is 5.48. The monoisotopic (exact) mass is 261 g/mol. The Hall–Kier alpha value is -2.01. The van der Waals surface area contributed by atoms with Gasteiger partial charge in [-0.3, -0.25) is 20.1 Å². The minimum absolute atomic E-state index is 0.175. The maximum atomic E-state index is 12.4. The summed E-state index contributed by atoms with van der Waals surface area (Å²) in [6.07, 6.45) is -1.00. The number of carbonyl (C=O) groups excluding carboxylic acids is 3. The molecule has 0 saturated carbocycles. The van der Waals surface area contributed by atoms with Gasteiger partial charge in [0, 0.05) is 5.56 Å². The lowest BCUT2D eigenvalue weighted by Gasteiger charge is -2.30. The van der Waals surface area contributed by atoms with E-state index in [4.69, 9.17) is 10.5 Å². The van der Waals surface area contributed by atoms with E-state index in [1.54, 1.807) is 19.1 Å². The summed E-state index contributed by atoms with van der Waals surface area (Å²) in [6.45, 7) is 4.42. The first-order valence-corrected chi connectivity index (χ1v) is 5.96. The van der Waals surface area contributed by atoms with E-state index in [-0.39, 0.29) is 22.7 Å². The first kappa shape index (κ1) is 13.4. The topological polar surface area (TPSA) is 86.5 Å². The largest absolute Gasteiger partial charge is 0.473 e. The molecule has 1 aromatic carbocycles. The van der Waals surface area contributed by atoms with Gasteiger partial charge in [0.15, 0.2) is 17.8 Å². The van der Waals surface area contributed by atoms with E-state index in [1.807, 2.05) is 0 Å². The van der Waals surface area contributed by atoms with E-state index in [0.717, 1.165) is 0 Å². The van der Waals surface area contributed by atoms with Crippen molar-refractivity contribution < 1.29 is 19.1 Å². The highest BCUT2D eigenvalue weighted by molar-refractivity contribution is 6.17. The van der Waals surface area contributed by atoms with Crippen LogP contribution in [0.25, 0.3) is 0 Å². The molecule has 0 bridgehead atoms. The van der Waals surface area contributed by atoms with Gasteiger partial charge in [-0.25, -0.2) is 0 Å². The van der Waals surface area contributed by atoms with Gasteiger partial charge in [-0.1, -0.05) is 12.1 Å². The molecular formula is C14H15NO4. The summed E-state index contributed by atoms with van der Waals surface area (Å²) in [7, 11) is 0. The van der Waals surface area contributed by atoms with Crippen LogP contribution in [0.15, 0.2) is 12.1 Å². The molecule has 0 radical (unpaired) electrons. The summed E-state index contributed by atoms with van der Waals surface area (Å²) in [5, 5.41) is 0. The fourth-order valence-electron chi connectivity index (χ4n) is 2.30. The third-order valence-electron chi connectivity index (χ3n) is 3.28. The van der Waals surface area contributed by atoms with Crippen LogP contribution in [0.4, 0.5) is 0 Å². The predicted octanol–water partition coefficient (Wildman–Crippen LogP) is 1.26. The van der Waals surface area contributed by atoms with Gasteiger partial charge in [0.05, 0.1) is 5.56 Å². The van der Waals surface area contributed by atoms with Gasteiger partial charge in [0.1, 0.15) is 17.5 Å². The van der Waals surface area contributed by atoms with E-state index in [2.05, 4.69) is 0 Å². The molecular weight excluding hydrogens is 246 g/mol. The molecule has 5 heteroatoms. The molecule has 1 aliphatic rings. The van der Waals surface area contributed by atoms with Gasteiger partial charge in [-0.15, -0.1) is 0 Å². The lowest BCUT2D eigenvalue weighted by atomic mass is 9.85. The maximum Gasteiger partial charge on any atom is 0.182 e. The Morgan fingerprint density at radius 1 is 1.26 bits per heavy atom. The molecule has 0 amide bonds. The molecule has 0 saturated heterocycles. The second kappa shape index (κ2) is 4.59. The van der Waals surface area contributed by atoms with Crippen molar-refractivity contribution in [3.8, 4) is 5.75 Å². The van der Waals surface area contributed by atoms with Crippen molar-refractivity contribution in [1.82, 2.24) is 0 Å². The van der Waals surface area contributed by atoms with Gasteiger partial charge in [0.2, 0.25) is 0 Å². The molecule has 0 aromatic heterocycles. The van der Waals surface area contributed by atoms with Crippen LogP contribution in [0.5, 0.6) is 5.75 Å². The molecule has 5 nitrogen and oxygen atoms in total. The molecule has 0 aliphatic carbocycles. The summed E-state index contributed by atoms with van der Waals surface area (Å²) in [4.78, 5) is 35.6.